The van der Waals surface area contributed by atoms with Gasteiger partial charge in [0.05, 0.1) is 6.54 Å². The number of rotatable bonds is 4. The van der Waals surface area contributed by atoms with Crippen LogP contribution < -0.4 is 4.90 Å². The van der Waals surface area contributed by atoms with Gasteiger partial charge >= 0.3 is 6.09 Å². The van der Waals surface area contributed by atoms with Gasteiger partial charge in [0.25, 0.3) is 0 Å². The highest BCUT2D eigenvalue weighted by molar-refractivity contribution is 6.33. The minimum absolute atomic E-state index is 0.230. The van der Waals surface area contributed by atoms with Crippen LogP contribution >= 0.6 is 11.6 Å². The van der Waals surface area contributed by atoms with E-state index in [2.05, 4.69) is 62.9 Å². The van der Waals surface area contributed by atoms with Gasteiger partial charge in [-0.05, 0) is 73.7 Å². The van der Waals surface area contributed by atoms with Crippen molar-refractivity contribution < 1.29 is 9.53 Å². The number of anilines is 1. The van der Waals surface area contributed by atoms with Crippen molar-refractivity contribution in [2.24, 2.45) is 0 Å². The van der Waals surface area contributed by atoms with Crippen LogP contribution in [0.15, 0.2) is 54.6 Å². The zero-order valence-corrected chi connectivity index (χ0v) is 21.8. The Morgan fingerprint density at radius 3 is 2.26 bits per heavy atom. The van der Waals surface area contributed by atoms with Crippen molar-refractivity contribution in [3.8, 4) is 11.1 Å². The molecule has 1 spiro atoms. The van der Waals surface area contributed by atoms with Crippen molar-refractivity contribution in [1.82, 2.24) is 4.90 Å². The molecule has 2 saturated heterocycles. The first-order valence-electron chi connectivity index (χ1n) is 12.4. The summed E-state index contributed by atoms with van der Waals surface area (Å²) in [5.41, 5.74) is 8.97. The molecular formula is C30H33ClN2O2. The zero-order chi connectivity index (χ0) is 24.7. The minimum Gasteiger partial charge on any atom is -0.441 e. The fraction of sp³-hybridized carbons (Fsp3) is 0.367. The molecule has 5 rings (SSSR count). The molecule has 3 aromatic rings. The van der Waals surface area contributed by atoms with Gasteiger partial charge in [-0.2, -0.15) is 0 Å². The van der Waals surface area contributed by atoms with E-state index in [1.165, 1.54) is 33.4 Å². The highest BCUT2D eigenvalue weighted by Crippen LogP contribution is 2.37. The minimum atomic E-state index is -0.390. The Hall–Kier alpha value is -2.82. The number of hydrogen-bond donors (Lipinski definition) is 0. The van der Waals surface area contributed by atoms with Crippen LogP contribution in [-0.2, 0) is 11.3 Å². The van der Waals surface area contributed by atoms with Crippen LogP contribution in [0.5, 0.6) is 0 Å². The van der Waals surface area contributed by atoms with Crippen LogP contribution in [0, 0.1) is 27.7 Å². The second-order valence-electron chi connectivity index (χ2n) is 10.3. The van der Waals surface area contributed by atoms with Crippen LogP contribution in [-0.4, -0.2) is 36.2 Å². The Balaban J connectivity index is 1.25. The average molecular weight is 489 g/mol. The first kappa shape index (κ1) is 23.9. The van der Waals surface area contributed by atoms with Crippen LogP contribution in [0.25, 0.3) is 11.1 Å². The molecule has 5 heteroatoms. The first-order chi connectivity index (χ1) is 16.7. The number of aryl methyl sites for hydroxylation is 4. The summed E-state index contributed by atoms with van der Waals surface area (Å²) in [5, 5.41) is 0.801. The van der Waals surface area contributed by atoms with Crippen LogP contribution in [0.3, 0.4) is 0 Å². The first-order valence-corrected chi connectivity index (χ1v) is 12.8. The lowest BCUT2D eigenvalue weighted by Gasteiger charge is -2.37. The molecule has 35 heavy (non-hydrogen) atoms. The third-order valence-corrected chi connectivity index (χ3v) is 7.93. The maximum Gasteiger partial charge on any atom is 0.415 e. The summed E-state index contributed by atoms with van der Waals surface area (Å²) in [6, 6.07) is 19.0. The Morgan fingerprint density at radius 2 is 1.60 bits per heavy atom. The highest BCUT2D eigenvalue weighted by Gasteiger charge is 2.47. The van der Waals surface area contributed by atoms with Crippen molar-refractivity contribution in [3.05, 3.63) is 87.4 Å². The SMILES string of the molecule is Cc1ccc(N2CC3(CCN(Cc4cc(C)c(-c5ccc(C)c(C)c5)c(Cl)c4)CC3)OC2=O)cc1. The molecule has 0 radical (unpaired) electrons. The normalized spacial score (nSPS) is 17.7. The lowest BCUT2D eigenvalue weighted by atomic mass is 9.90. The van der Waals surface area contributed by atoms with E-state index >= 15 is 0 Å². The van der Waals surface area contributed by atoms with Gasteiger partial charge in [0, 0.05) is 48.7 Å². The molecule has 0 atom stereocenters. The van der Waals surface area contributed by atoms with Gasteiger partial charge in [0.1, 0.15) is 5.60 Å². The number of piperidine rings is 1. The number of ether oxygens (including phenoxy) is 1. The van der Waals surface area contributed by atoms with Crippen LogP contribution in [0.2, 0.25) is 5.02 Å². The van der Waals surface area contributed by atoms with E-state index in [0.717, 1.165) is 48.7 Å². The van der Waals surface area contributed by atoms with E-state index in [1.54, 1.807) is 4.90 Å². The summed E-state index contributed by atoms with van der Waals surface area (Å²) in [7, 11) is 0. The van der Waals surface area contributed by atoms with Crippen molar-refractivity contribution >= 4 is 23.4 Å². The Labute approximate surface area is 213 Å². The standard InChI is InChI=1S/C30H33ClN2O2/c1-20-5-9-26(10-6-20)33-19-30(35-29(33)34)11-13-32(14-12-30)18-24-15-23(4)28(27(31)17-24)25-8-7-21(2)22(3)16-25/h5-10,15-17H,11-14,18-19H2,1-4H3. The molecule has 0 aliphatic carbocycles. The van der Waals surface area contributed by atoms with E-state index in [0.29, 0.717) is 6.54 Å². The molecule has 2 aliphatic rings. The molecule has 4 nitrogen and oxygen atoms in total. The number of hydrogen-bond acceptors (Lipinski definition) is 3. The molecule has 2 aliphatic heterocycles. The van der Waals surface area contributed by atoms with Crippen LogP contribution in [0.1, 0.15) is 40.7 Å². The Kier molecular flexibility index (Phi) is 6.37. The van der Waals surface area contributed by atoms with Gasteiger partial charge in [0.2, 0.25) is 0 Å². The fourth-order valence-corrected chi connectivity index (χ4v) is 5.75. The third-order valence-electron chi connectivity index (χ3n) is 7.63. The molecule has 0 saturated carbocycles. The molecular weight excluding hydrogens is 456 g/mol. The van der Waals surface area contributed by atoms with E-state index in [1.807, 2.05) is 24.3 Å². The number of nitrogens with zero attached hydrogens (tertiary/aromatic N) is 2. The molecule has 0 unspecified atom stereocenters. The largest absolute Gasteiger partial charge is 0.441 e. The molecule has 0 N–H and O–H groups in total. The molecule has 2 heterocycles. The molecule has 0 bridgehead atoms. The van der Waals surface area contributed by atoms with E-state index < -0.39 is 0 Å². The summed E-state index contributed by atoms with van der Waals surface area (Å²) in [4.78, 5) is 16.9. The van der Waals surface area contributed by atoms with E-state index in [4.69, 9.17) is 16.3 Å². The number of carbonyl (C=O) groups is 1. The van der Waals surface area contributed by atoms with Gasteiger partial charge in [-0.15, -0.1) is 0 Å². The van der Waals surface area contributed by atoms with Gasteiger partial charge in [-0.25, -0.2) is 4.79 Å². The van der Waals surface area contributed by atoms with Gasteiger partial charge in [-0.1, -0.05) is 53.6 Å². The molecule has 1 amide bonds. The van der Waals surface area contributed by atoms with Gasteiger partial charge in [-0.3, -0.25) is 9.80 Å². The molecule has 0 aromatic heterocycles. The zero-order valence-electron chi connectivity index (χ0n) is 21.0. The van der Waals surface area contributed by atoms with Crippen molar-refractivity contribution in [1.29, 1.82) is 0 Å². The molecule has 182 valence electrons. The lowest BCUT2D eigenvalue weighted by Crippen LogP contribution is -2.46. The number of halogens is 1. The maximum atomic E-state index is 12.6. The maximum absolute atomic E-state index is 12.6. The van der Waals surface area contributed by atoms with Crippen molar-refractivity contribution in [3.63, 3.8) is 0 Å². The third kappa shape index (κ3) is 4.82. The summed E-state index contributed by atoms with van der Waals surface area (Å²) < 4.78 is 5.95. The molecule has 2 fully saturated rings. The Bertz CT molecular complexity index is 1240. The topological polar surface area (TPSA) is 32.8 Å². The van der Waals surface area contributed by atoms with Gasteiger partial charge in [0.15, 0.2) is 0 Å². The number of benzene rings is 3. The number of likely N-dealkylation sites (tertiary alicyclic amines) is 1. The summed E-state index contributed by atoms with van der Waals surface area (Å²) in [5.74, 6) is 0. The number of carbonyl (C=O) groups excluding carboxylic acids is 1. The quantitative estimate of drug-likeness (QED) is 0.388. The second-order valence-corrected chi connectivity index (χ2v) is 10.7. The van der Waals surface area contributed by atoms with Crippen molar-refractivity contribution in [2.45, 2.75) is 52.7 Å². The van der Waals surface area contributed by atoms with E-state index in [-0.39, 0.29) is 11.7 Å². The predicted molar refractivity (Wildman–Crippen MR) is 143 cm³/mol. The number of amides is 1. The predicted octanol–water partition coefficient (Wildman–Crippen LogP) is 7.23. The Morgan fingerprint density at radius 1 is 0.886 bits per heavy atom. The van der Waals surface area contributed by atoms with E-state index in [9.17, 15) is 4.79 Å². The lowest BCUT2D eigenvalue weighted by molar-refractivity contribution is -0.000974. The van der Waals surface area contributed by atoms with Gasteiger partial charge < -0.3 is 4.74 Å². The van der Waals surface area contributed by atoms with Crippen molar-refractivity contribution in [2.75, 3.05) is 24.5 Å². The summed E-state index contributed by atoms with van der Waals surface area (Å²) in [6.45, 7) is 11.7. The monoisotopic (exact) mass is 488 g/mol. The highest BCUT2D eigenvalue weighted by atomic mass is 35.5. The average Bonchev–Trinajstić information content (AvgIpc) is 3.13. The summed E-state index contributed by atoms with van der Waals surface area (Å²) >= 11 is 6.80. The fourth-order valence-electron chi connectivity index (χ4n) is 5.35. The summed E-state index contributed by atoms with van der Waals surface area (Å²) in [6.07, 6.45) is 1.45. The second kappa shape index (κ2) is 9.33. The molecule has 3 aromatic carbocycles. The van der Waals surface area contributed by atoms with Crippen LogP contribution in [0.4, 0.5) is 10.5 Å². The smallest absolute Gasteiger partial charge is 0.415 e.